The van der Waals surface area contributed by atoms with Gasteiger partial charge in [-0.25, -0.2) is 0 Å². The summed E-state index contributed by atoms with van der Waals surface area (Å²) in [4.78, 5) is 11.5. The van der Waals surface area contributed by atoms with E-state index in [-0.39, 0.29) is 18.2 Å². The van der Waals surface area contributed by atoms with Crippen molar-refractivity contribution in [3.63, 3.8) is 0 Å². The van der Waals surface area contributed by atoms with Gasteiger partial charge in [0.15, 0.2) is 6.61 Å². The minimum atomic E-state index is -4.36. The molecule has 0 spiro atoms. The number of carbonyl (C=O) groups is 1. The fourth-order valence-corrected chi connectivity index (χ4v) is 1.51. The number of ether oxygens (including phenoxy) is 2. The average molecular weight is 320 g/mol. The second kappa shape index (κ2) is 9.26. The maximum absolute atomic E-state index is 12.0. The minimum Gasteiger partial charge on any atom is -0.484 e. The van der Waals surface area contributed by atoms with Crippen molar-refractivity contribution in [2.45, 2.75) is 12.7 Å². The van der Waals surface area contributed by atoms with Crippen molar-refractivity contribution in [1.29, 1.82) is 0 Å². The number of carbonyl (C=O) groups excluding carboxylic acids is 1. The Kier molecular flexibility index (Phi) is 7.69. The molecule has 0 saturated heterocycles. The van der Waals surface area contributed by atoms with Crippen LogP contribution in [0.2, 0.25) is 0 Å². The highest BCUT2D eigenvalue weighted by atomic mass is 19.4. The molecule has 0 atom stereocenters. The maximum atomic E-state index is 12.0. The zero-order chi connectivity index (χ0) is 16.4. The number of alkyl halides is 3. The molecule has 0 aromatic heterocycles. The zero-order valence-corrected chi connectivity index (χ0v) is 12.2. The first-order valence-electron chi connectivity index (χ1n) is 6.65. The van der Waals surface area contributed by atoms with E-state index in [1.807, 2.05) is 0 Å². The van der Waals surface area contributed by atoms with E-state index in [4.69, 9.17) is 4.74 Å². The highest BCUT2D eigenvalue weighted by Gasteiger charge is 2.28. The maximum Gasteiger partial charge on any atom is 0.422 e. The quantitative estimate of drug-likeness (QED) is 0.677. The first kappa shape index (κ1) is 18.2. The van der Waals surface area contributed by atoms with Gasteiger partial charge >= 0.3 is 6.18 Å². The van der Waals surface area contributed by atoms with Gasteiger partial charge in [0.2, 0.25) is 5.91 Å². The van der Waals surface area contributed by atoms with Gasteiger partial charge in [0, 0.05) is 20.2 Å². The van der Waals surface area contributed by atoms with Gasteiger partial charge in [-0.3, -0.25) is 4.79 Å². The van der Waals surface area contributed by atoms with Crippen LogP contribution in [0.15, 0.2) is 24.3 Å². The lowest BCUT2D eigenvalue weighted by molar-refractivity contribution is -0.153. The zero-order valence-electron chi connectivity index (χ0n) is 12.2. The third-order valence-electron chi connectivity index (χ3n) is 2.58. The molecule has 1 rings (SSSR count). The van der Waals surface area contributed by atoms with Crippen LogP contribution in [-0.4, -0.2) is 45.5 Å². The molecule has 0 unspecified atom stereocenters. The number of rotatable bonds is 9. The standard InChI is InChI=1S/C14H19F3N2O3/c1-21-7-6-18-9-13(20)19-8-11-2-4-12(5-3-11)22-10-14(15,16)17/h2-5,18H,6-10H2,1H3,(H,19,20). The van der Waals surface area contributed by atoms with Crippen LogP contribution in [0.4, 0.5) is 13.2 Å². The number of amides is 1. The fourth-order valence-electron chi connectivity index (χ4n) is 1.51. The minimum absolute atomic E-state index is 0.133. The van der Waals surface area contributed by atoms with Crippen LogP contribution in [0.25, 0.3) is 0 Å². The Morgan fingerprint density at radius 3 is 2.50 bits per heavy atom. The molecule has 0 radical (unpaired) electrons. The van der Waals surface area contributed by atoms with Crippen LogP contribution in [-0.2, 0) is 16.1 Å². The largest absolute Gasteiger partial charge is 0.484 e. The van der Waals surface area contributed by atoms with Gasteiger partial charge in [-0.05, 0) is 17.7 Å². The van der Waals surface area contributed by atoms with Crippen molar-refractivity contribution in [1.82, 2.24) is 10.6 Å². The monoisotopic (exact) mass is 320 g/mol. The number of methoxy groups -OCH3 is 1. The molecule has 124 valence electrons. The van der Waals surface area contributed by atoms with Crippen molar-refractivity contribution in [3.05, 3.63) is 29.8 Å². The molecule has 0 aliphatic heterocycles. The lowest BCUT2D eigenvalue weighted by atomic mass is 10.2. The van der Waals surface area contributed by atoms with Crippen LogP contribution in [0, 0.1) is 0 Å². The van der Waals surface area contributed by atoms with Crippen molar-refractivity contribution in [2.24, 2.45) is 0 Å². The van der Waals surface area contributed by atoms with Gasteiger partial charge in [0.1, 0.15) is 5.75 Å². The molecule has 2 N–H and O–H groups in total. The highest BCUT2D eigenvalue weighted by Crippen LogP contribution is 2.18. The molecular weight excluding hydrogens is 301 g/mol. The predicted octanol–water partition coefficient (Wildman–Crippen LogP) is 1.48. The summed E-state index contributed by atoms with van der Waals surface area (Å²) in [7, 11) is 1.57. The summed E-state index contributed by atoms with van der Waals surface area (Å²) >= 11 is 0. The molecule has 0 heterocycles. The number of benzene rings is 1. The summed E-state index contributed by atoms with van der Waals surface area (Å²) < 4.78 is 45.4. The van der Waals surface area contributed by atoms with Gasteiger partial charge in [-0.2, -0.15) is 13.2 Å². The Balaban J connectivity index is 2.27. The van der Waals surface area contributed by atoms with Crippen molar-refractivity contribution in [2.75, 3.05) is 33.4 Å². The smallest absolute Gasteiger partial charge is 0.422 e. The Morgan fingerprint density at radius 1 is 1.23 bits per heavy atom. The van der Waals surface area contributed by atoms with Crippen molar-refractivity contribution in [3.8, 4) is 5.75 Å². The van der Waals surface area contributed by atoms with E-state index in [1.54, 1.807) is 19.2 Å². The van der Waals surface area contributed by atoms with E-state index in [0.29, 0.717) is 19.7 Å². The SMILES string of the molecule is COCCNCC(=O)NCc1ccc(OCC(F)(F)F)cc1. The molecule has 5 nitrogen and oxygen atoms in total. The number of hydrogen-bond acceptors (Lipinski definition) is 4. The normalized spacial score (nSPS) is 11.3. The Labute approximate surface area is 126 Å². The molecule has 0 bridgehead atoms. The van der Waals surface area contributed by atoms with E-state index in [1.165, 1.54) is 12.1 Å². The lowest BCUT2D eigenvalue weighted by Crippen LogP contribution is -2.34. The van der Waals surface area contributed by atoms with E-state index in [2.05, 4.69) is 15.4 Å². The van der Waals surface area contributed by atoms with Crippen molar-refractivity contribution < 1.29 is 27.4 Å². The molecular formula is C14H19F3N2O3. The van der Waals surface area contributed by atoms with E-state index >= 15 is 0 Å². The predicted molar refractivity (Wildman–Crippen MR) is 74.6 cm³/mol. The van der Waals surface area contributed by atoms with Gasteiger partial charge in [0.25, 0.3) is 0 Å². The molecule has 1 amide bonds. The molecule has 1 aromatic rings. The number of nitrogens with one attached hydrogen (secondary N) is 2. The summed E-state index contributed by atoms with van der Waals surface area (Å²) in [5.41, 5.74) is 0.768. The molecule has 0 aliphatic rings. The van der Waals surface area contributed by atoms with E-state index in [0.717, 1.165) is 5.56 Å². The Hall–Kier alpha value is -1.80. The van der Waals surface area contributed by atoms with E-state index < -0.39 is 12.8 Å². The summed E-state index contributed by atoms with van der Waals surface area (Å²) in [5.74, 6) is -0.0397. The first-order valence-corrected chi connectivity index (χ1v) is 6.65. The Morgan fingerprint density at radius 2 is 1.91 bits per heavy atom. The number of halogens is 3. The summed E-state index contributed by atoms with van der Waals surface area (Å²) in [6.45, 7) is 0.249. The lowest BCUT2D eigenvalue weighted by Gasteiger charge is -2.10. The van der Waals surface area contributed by atoms with E-state index in [9.17, 15) is 18.0 Å². The average Bonchev–Trinajstić information content (AvgIpc) is 2.48. The van der Waals surface area contributed by atoms with Crippen LogP contribution in [0.1, 0.15) is 5.56 Å². The summed E-state index contributed by atoms with van der Waals surface area (Å²) in [6, 6.07) is 6.07. The summed E-state index contributed by atoms with van der Waals surface area (Å²) in [6.07, 6.45) is -4.36. The molecule has 0 aliphatic carbocycles. The van der Waals surface area contributed by atoms with Crippen LogP contribution >= 0.6 is 0 Å². The second-order valence-electron chi connectivity index (χ2n) is 4.49. The molecule has 0 saturated carbocycles. The van der Waals surface area contributed by atoms with Crippen LogP contribution in [0.5, 0.6) is 5.75 Å². The molecule has 22 heavy (non-hydrogen) atoms. The second-order valence-corrected chi connectivity index (χ2v) is 4.49. The number of hydrogen-bond donors (Lipinski definition) is 2. The van der Waals surface area contributed by atoms with Crippen LogP contribution < -0.4 is 15.4 Å². The summed E-state index contributed by atoms with van der Waals surface area (Å²) in [5, 5.41) is 5.59. The third kappa shape index (κ3) is 8.48. The van der Waals surface area contributed by atoms with Gasteiger partial charge in [0.05, 0.1) is 13.2 Å². The molecule has 8 heteroatoms. The molecule has 0 fully saturated rings. The van der Waals surface area contributed by atoms with Crippen LogP contribution in [0.3, 0.4) is 0 Å². The van der Waals surface area contributed by atoms with Gasteiger partial charge in [-0.1, -0.05) is 12.1 Å². The topological polar surface area (TPSA) is 59.6 Å². The third-order valence-corrected chi connectivity index (χ3v) is 2.58. The van der Waals surface area contributed by atoms with Gasteiger partial charge in [-0.15, -0.1) is 0 Å². The van der Waals surface area contributed by atoms with Crippen molar-refractivity contribution >= 4 is 5.91 Å². The fraction of sp³-hybridized carbons (Fsp3) is 0.500. The van der Waals surface area contributed by atoms with Gasteiger partial charge < -0.3 is 20.1 Å². The highest BCUT2D eigenvalue weighted by molar-refractivity contribution is 5.77. The Bertz CT molecular complexity index is 450. The first-order chi connectivity index (χ1) is 10.4. The molecule has 1 aromatic carbocycles.